The van der Waals surface area contributed by atoms with Crippen molar-refractivity contribution in [3.63, 3.8) is 0 Å². The van der Waals surface area contributed by atoms with Crippen molar-refractivity contribution in [2.45, 2.75) is 25.8 Å². The molecule has 0 aliphatic carbocycles. The van der Waals surface area contributed by atoms with Crippen molar-refractivity contribution < 1.29 is 13.6 Å². The second kappa shape index (κ2) is 9.38. The van der Waals surface area contributed by atoms with Crippen LogP contribution in [0.15, 0.2) is 0 Å². The maximum absolute atomic E-state index is 10.7. The average Bonchev–Trinajstić information content (AvgIpc) is 2.12. The minimum atomic E-state index is -1.43. The van der Waals surface area contributed by atoms with Crippen molar-refractivity contribution in [3.05, 3.63) is 0 Å². The Balaban J connectivity index is 0. The highest BCUT2D eigenvalue weighted by Crippen LogP contribution is 2.09. The summed E-state index contributed by atoms with van der Waals surface area (Å²) in [5, 5.41) is 0. The van der Waals surface area contributed by atoms with Gasteiger partial charge in [-0.3, -0.25) is 4.79 Å². The first-order valence-corrected chi connectivity index (χ1v) is 6.22. The first kappa shape index (κ1) is 16.3. The van der Waals surface area contributed by atoms with Gasteiger partial charge in [-0.15, -0.1) is 0 Å². The van der Waals surface area contributed by atoms with Gasteiger partial charge in [0.1, 0.15) is 0 Å². The van der Waals surface area contributed by atoms with Crippen molar-refractivity contribution in [1.29, 1.82) is 0 Å². The Morgan fingerprint density at radius 3 is 2.29 bits per heavy atom. The third kappa shape index (κ3) is 7.25. The molecule has 0 bridgehead atoms. The number of hydrogen-bond acceptors (Lipinski definition) is 3. The van der Waals surface area contributed by atoms with Gasteiger partial charge in [0.05, 0.1) is 0 Å². The highest BCUT2D eigenvalue weighted by molar-refractivity contribution is 6.44. The predicted molar refractivity (Wildman–Crippen MR) is 64.9 cm³/mol. The molecule has 0 spiro atoms. The van der Waals surface area contributed by atoms with Crippen molar-refractivity contribution in [3.8, 4) is 0 Å². The van der Waals surface area contributed by atoms with E-state index in [2.05, 4.69) is 0 Å². The van der Waals surface area contributed by atoms with Gasteiger partial charge in [0.25, 0.3) is 0 Å². The summed E-state index contributed by atoms with van der Waals surface area (Å²) in [5.74, 6) is -0.267. The Labute approximate surface area is 92.0 Å². The van der Waals surface area contributed by atoms with E-state index in [1.165, 1.54) is 0 Å². The average molecular weight is 237 g/mol. The van der Waals surface area contributed by atoms with Crippen LogP contribution in [-0.2, 0) is 13.6 Å². The van der Waals surface area contributed by atoms with Gasteiger partial charge in [-0.25, -0.2) is 0 Å². The summed E-state index contributed by atoms with van der Waals surface area (Å²) >= 11 is 0. The van der Waals surface area contributed by atoms with Crippen LogP contribution in [0, 0.1) is 5.92 Å². The lowest BCUT2D eigenvalue weighted by molar-refractivity contribution is -0.121. The van der Waals surface area contributed by atoms with Crippen molar-refractivity contribution in [2.75, 3.05) is 14.2 Å². The maximum Gasteiger partial charge on any atom is 0.320 e. The number of nitrogens with two attached hydrogens (primary N) is 1. The molecule has 1 amide bonds. The first-order chi connectivity index (χ1) is 6.11. The lowest BCUT2D eigenvalue weighted by Crippen LogP contribution is -2.22. The summed E-state index contributed by atoms with van der Waals surface area (Å²) in [6.45, 7) is 1.85. The van der Waals surface area contributed by atoms with Crippen LogP contribution in [0.1, 0.15) is 19.8 Å². The van der Waals surface area contributed by atoms with Crippen LogP contribution >= 0.6 is 0 Å². The standard InChI is InChI=1S/C8H19NO3Si.H4Si/c1-7(8(9)10)5-4-6-13(11-2)12-3;/h7,13H,4-6H2,1-3H3,(H2,9,10);1H4. The summed E-state index contributed by atoms with van der Waals surface area (Å²) in [6, 6.07) is 0.935. The summed E-state index contributed by atoms with van der Waals surface area (Å²) in [4.78, 5) is 10.7. The van der Waals surface area contributed by atoms with Crippen LogP contribution in [-0.4, -0.2) is 40.4 Å². The Morgan fingerprint density at radius 2 is 1.93 bits per heavy atom. The highest BCUT2D eigenvalue weighted by atomic mass is 28.3. The van der Waals surface area contributed by atoms with E-state index in [0.717, 1.165) is 18.9 Å². The SMILES string of the molecule is CO[SiH](CCCC(C)C(N)=O)OC.[SiH4]. The fourth-order valence-corrected chi connectivity index (χ4v) is 2.30. The molecule has 14 heavy (non-hydrogen) atoms. The Morgan fingerprint density at radius 1 is 1.43 bits per heavy atom. The fourth-order valence-electron chi connectivity index (χ4n) is 1.06. The van der Waals surface area contributed by atoms with E-state index in [1.807, 2.05) is 6.92 Å². The monoisotopic (exact) mass is 237 g/mol. The molecule has 1 unspecified atom stereocenters. The van der Waals surface area contributed by atoms with Crippen molar-refractivity contribution >= 4 is 26.2 Å². The molecule has 0 saturated heterocycles. The molecule has 0 aromatic heterocycles. The quantitative estimate of drug-likeness (QED) is 0.575. The lowest BCUT2D eigenvalue weighted by atomic mass is 10.1. The maximum atomic E-state index is 10.7. The molecule has 4 nitrogen and oxygen atoms in total. The van der Waals surface area contributed by atoms with Crippen molar-refractivity contribution in [2.24, 2.45) is 11.7 Å². The molecule has 0 fully saturated rings. The molecule has 0 radical (unpaired) electrons. The van der Waals surface area contributed by atoms with E-state index >= 15 is 0 Å². The van der Waals surface area contributed by atoms with Gasteiger partial charge in [-0.2, -0.15) is 0 Å². The summed E-state index contributed by atoms with van der Waals surface area (Å²) < 4.78 is 10.3. The molecule has 1 atom stereocenters. The molecule has 0 rings (SSSR count). The van der Waals surface area contributed by atoms with Crippen LogP contribution in [0.3, 0.4) is 0 Å². The predicted octanol–water partition coefficient (Wildman–Crippen LogP) is -1.05. The minimum Gasteiger partial charge on any atom is -0.400 e. The number of amides is 1. The zero-order valence-corrected chi connectivity index (χ0v) is 9.73. The van der Waals surface area contributed by atoms with E-state index < -0.39 is 9.28 Å². The summed E-state index contributed by atoms with van der Waals surface area (Å²) in [6.07, 6.45) is 1.77. The summed E-state index contributed by atoms with van der Waals surface area (Å²) in [7, 11) is 1.89. The molecular weight excluding hydrogens is 214 g/mol. The van der Waals surface area contributed by atoms with E-state index in [4.69, 9.17) is 14.6 Å². The molecule has 86 valence electrons. The fraction of sp³-hybridized carbons (Fsp3) is 0.875. The Kier molecular flexibility index (Phi) is 10.9. The van der Waals surface area contributed by atoms with E-state index in [-0.39, 0.29) is 22.8 Å². The molecule has 6 heteroatoms. The smallest absolute Gasteiger partial charge is 0.320 e. The Bertz CT molecular complexity index is 154. The normalized spacial score (nSPS) is 12.3. The zero-order chi connectivity index (χ0) is 10.3. The molecule has 0 aromatic rings. The number of carbonyl (C=O) groups excluding carboxylic acids is 1. The molecule has 2 N–H and O–H groups in total. The molecule has 0 aliphatic rings. The van der Waals surface area contributed by atoms with Gasteiger partial charge in [-0.05, 0) is 23.4 Å². The molecule has 0 aliphatic heterocycles. The van der Waals surface area contributed by atoms with E-state index in [0.29, 0.717) is 0 Å². The molecule has 0 aromatic carbocycles. The topological polar surface area (TPSA) is 61.5 Å². The van der Waals surface area contributed by atoms with E-state index in [9.17, 15) is 4.79 Å². The first-order valence-electron chi connectivity index (χ1n) is 4.46. The third-order valence-electron chi connectivity index (χ3n) is 2.09. The van der Waals surface area contributed by atoms with Crippen LogP contribution in [0.2, 0.25) is 6.04 Å². The number of hydrogen-bond donors (Lipinski definition) is 1. The zero-order valence-electron chi connectivity index (χ0n) is 8.58. The largest absolute Gasteiger partial charge is 0.400 e. The molecule has 0 saturated carbocycles. The number of rotatable bonds is 7. The second-order valence-electron chi connectivity index (χ2n) is 3.14. The minimum absolute atomic E-state index is 0. The summed E-state index contributed by atoms with van der Waals surface area (Å²) in [5.41, 5.74) is 5.13. The van der Waals surface area contributed by atoms with Crippen molar-refractivity contribution in [1.82, 2.24) is 0 Å². The van der Waals surface area contributed by atoms with Gasteiger partial charge >= 0.3 is 9.28 Å². The van der Waals surface area contributed by atoms with Gasteiger partial charge in [0, 0.05) is 20.1 Å². The van der Waals surface area contributed by atoms with Crippen LogP contribution in [0.25, 0.3) is 0 Å². The van der Waals surface area contributed by atoms with Gasteiger partial charge in [0.15, 0.2) is 0 Å². The van der Waals surface area contributed by atoms with Crippen LogP contribution in [0.4, 0.5) is 0 Å². The van der Waals surface area contributed by atoms with E-state index in [1.54, 1.807) is 14.2 Å². The second-order valence-corrected chi connectivity index (χ2v) is 5.51. The lowest BCUT2D eigenvalue weighted by Gasteiger charge is -2.11. The Hall–Kier alpha value is -0.176. The highest BCUT2D eigenvalue weighted by Gasteiger charge is 2.12. The molecular formula is C8H23NO3Si2. The molecule has 0 heterocycles. The van der Waals surface area contributed by atoms with Crippen LogP contribution in [0.5, 0.6) is 0 Å². The van der Waals surface area contributed by atoms with Gasteiger partial charge in [-0.1, -0.05) is 13.3 Å². The third-order valence-corrected chi connectivity index (χ3v) is 4.02. The number of primary amides is 1. The van der Waals surface area contributed by atoms with Crippen LogP contribution < -0.4 is 5.73 Å². The number of carbonyl (C=O) groups is 1. The van der Waals surface area contributed by atoms with Gasteiger partial charge in [0.2, 0.25) is 5.91 Å². The van der Waals surface area contributed by atoms with Gasteiger partial charge < -0.3 is 14.6 Å².